The molecule has 3 heteroatoms. The van der Waals surface area contributed by atoms with E-state index in [1.807, 2.05) is 30.6 Å². The van der Waals surface area contributed by atoms with Gasteiger partial charge in [-0.25, -0.2) is 0 Å². The van der Waals surface area contributed by atoms with Crippen molar-refractivity contribution in [2.45, 2.75) is 26.3 Å². The summed E-state index contributed by atoms with van der Waals surface area (Å²) in [6.45, 7) is 5.16. The third-order valence-corrected chi connectivity index (χ3v) is 3.39. The van der Waals surface area contributed by atoms with Gasteiger partial charge in [-0.1, -0.05) is 42.8 Å². The third kappa shape index (κ3) is 3.55. The highest BCUT2D eigenvalue weighted by molar-refractivity contribution is 6.31. The number of nitrogens with one attached hydrogen (secondary N) is 1. The Balaban J connectivity index is 2.38. The number of hydrogen-bond donors (Lipinski definition) is 1. The lowest BCUT2D eigenvalue weighted by molar-refractivity contribution is 0.597. The Labute approximate surface area is 119 Å². The average molecular weight is 275 g/mol. The maximum Gasteiger partial charge on any atom is 0.0606 e. The molecule has 2 rings (SSSR count). The van der Waals surface area contributed by atoms with Crippen molar-refractivity contribution in [2.75, 3.05) is 6.54 Å². The highest BCUT2D eigenvalue weighted by atomic mass is 35.5. The fraction of sp³-hybridized carbons (Fsp3) is 0.312. The van der Waals surface area contributed by atoms with Crippen LogP contribution in [0.4, 0.5) is 0 Å². The summed E-state index contributed by atoms with van der Waals surface area (Å²) < 4.78 is 0. The SMILES string of the molecule is CCCNC(c1cncc(C)c1)c1ccccc1Cl. The molecular weight excluding hydrogens is 256 g/mol. The Morgan fingerprint density at radius 2 is 2.05 bits per heavy atom. The van der Waals surface area contributed by atoms with Gasteiger partial charge in [0, 0.05) is 17.4 Å². The zero-order valence-corrected chi connectivity index (χ0v) is 12.1. The van der Waals surface area contributed by atoms with E-state index in [0.29, 0.717) is 0 Å². The van der Waals surface area contributed by atoms with Gasteiger partial charge < -0.3 is 5.32 Å². The van der Waals surface area contributed by atoms with E-state index in [-0.39, 0.29) is 6.04 Å². The van der Waals surface area contributed by atoms with Crippen molar-refractivity contribution in [1.29, 1.82) is 0 Å². The number of aromatic nitrogens is 1. The maximum atomic E-state index is 6.33. The van der Waals surface area contributed by atoms with Crippen molar-refractivity contribution >= 4 is 11.6 Å². The quantitative estimate of drug-likeness (QED) is 0.887. The first-order chi connectivity index (χ1) is 9.22. The fourth-order valence-electron chi connectivity index (χ4n) is 2.14. The van der Waals surface area contributed by atoms with Gasteiger partial charge >= 0.3 is 0 Å². The summed E-state index contributed by atoms with van der Waals surface area (Å²) in [7, 11) is 0. The van der Waals surface area contributed by atoms with Crippen molar-refractivity contribution in [3.05, 3.63) is 64.4 Å². The molecule has 1 atom stereocenters. The second-order valence-corrected chi connectivity index (χ2v) is 5.11. The smallest absolute Gasteiger partial charge is 0.0606 e. The molecule has 2 nitrogen and oxygen atoms in total. The fourth-order valence-corrected chi connectivity index (χ4v) is 2.39. The van der Waals surface area contributed by atoms with Gasteiger partial charge in [0.1, 0.15) is 0 Å². The van der Waals surface area contributed by atoms with Gasteiger partial charge in [0.25, 0.3) is 0 Å². The molecule has 19 heavy (non-hydrogen) atoms. The molecule has 0 bridgehead atoms. The van der Waals surface area contributed by atoms with Gasteiger partial charge in [-0.15, -0.1) is 0 Å². The predicted octanol–water partition coefficient (Wildman–Crippen LogP) is 4.13. The summed E-state index contributed by atoms with van der Waals surface area (Å²) in [4.78, 5) is 4.29. The van der Waals surface area contributed by atoms with Crippen LogP contribution in [-0.4, -0.2) is 11.5 Å². The first kappa shape index (κ1) is 14.0. The lowest BCUT2D eigenvalue weighted by Gasteiger charge is -2.20. The van der Waals surface area contributed by atoms with Gasteiger partial charge in [-0.05, 0) is 42.6 Å². The van der Waals surface area contributed by atoms with Crippen LogP contribution < -0.4 is 5.32 Å². The Morgan fingerprint density at radius 1 is 1.26 bits per heavy atom. The number of aryl methyl sites for hydroxylation is 1. The highest BCUT2D eigenvalue weighted by Gasteiger charge is 2.16. The molecule has 1 heterocycles. The lowest BCUT2D eigenvalue weighted by Crippen LogP contribution is -2.23. The van der Waals surface area contributed by atoms with E-state index in [1.165, 1.54) is 0 Å². The minimum Gasteiger partial charge on any atom is -0.306 e. The summed E-state index contributed by atoms with van der Waals surface area (Å²) in [6.07, 6.45) is 4.86. The van der Waals surface area contributed by atoms with Crippen LogP contribution in [0.1, 0.15) is 36.1 Å². The number of halogens is 1. The van der Waals surface area contributed by atoms with Gasteiger partial charge in [0.2, 0.25) is 0 Å². The van der Waals surface area contributed by atoms with Crippen molar-refractivity contribution in [3.8, 4) is 0 Å². The van der Waals surface area contributed by atoms with E-state index >= 15 is 0 Å². The zero-order chi connectivity index (χ0) is 13.7. The number of nitrogens with zero attached hydrogens (tertiary/aromatic N) is 1. The summed E-state index contributed by atoms with van der Waals surface area (Å²) >= 11 is 6.33. The normalized spacial score (nSPS) is 12.4. The van der Waals surface area contributed by atoms with Gasteiger partial charge in [-0.2, -0.15) is 0 Å². The second-order valence-electron chi connectivity index (χ2n) is 4.70. The van der Waals surface area contributed by atoms with Gasteiger partial charge in [-0.3, -0.25) is 4.98 Å². The van der Waals surface area contributed by atoms with E-state index in [2.05, 4.69) is 36.3 Å². The Bertz CT molecular complexity index is 540. The van der Waals surface area contributed by atoms with Crippen LogP contribution in [-0.2, 0) is 0 Å². The van der Waals surface area contributed by atoms with Gasteiger partial charge in [0.05, 0.1) is 6.04 Å². The van der Waals surface area contributed by atoms with Crippen LogP contribution in [0.5, 0.6) is 0 Å². The molecule has 0 aliphatic heterocycles. The Hall–Kier alpha value is -1.38. The van der Waals surface area contributed by atoms with Crippen LogP contribution in [0.25, 0.3) is 0 Å². The molecule has 1 aromatic carbocycles. The molecule has 0 radical (unpaired) electrons. The second kappa shape index (κ2) is 6.69. The van der Waals surface area contributed by atoms with E-state index < -0.39 is 0 Å². The molecule has 0 saturated carbocycles. The summed E-state index contributed by atoms with van der Waals surface area (Å²) in [5.74, 6) is 0. The van der Waals surface area contributed by atoms with Crippen LogP contribution in [0.15, 0.2) is 42.7 Å². The van der Waals surface area contributed by atoms with Crippen molar-refractivity contribution in [1.82, 2.24) is 10.3 Å². The van der Waals surface area contributed by atoms with Crippen LogP contribution >= 0.6 is 11.6 Å². The molecular formula is C16H19ClN2. The standard InChI is InChI=1S/C16H19ClN2/c1-3-8-19-16(13-9-12(2)10-18-11-13)14-6-4-5-7-15(14)17/h4-7,9-11,16,19H,3,8H2,1-2H3. The van der Waals surface area contributed by atoms with E-state index in [9.17, 15) is 0 Å². The molecule has 0 spiro atoms. The van der Waals surface area contributed by atoms with Crippen LogP contribution in [0.2, 0.25) is 5.02 Å². The van der Waals surface area contributed by atoms with E-state index in [0.717, 1.165) is 34.7 Å². The predicted molar refractivity (Wildman–Crippen MR) is 80.6 cm³/mol. The molecule has 1 aromatic heterocycles. The Morgan fingerprint density at radius 3 is 2.74 bits per heavy atom. The molecule has 2 aromatic rings. The molecule has 0 amide bonds. The van der Waals surface area contributed by atoms with Gasteiger partial charge in [0.15, 0.2) is 0 Å². The minimum atomic E-state index is 0.0982. The third-order valence-electron chi connectivity index (χ3n) is 3.04. The molecule has 100 valence electrons. The topological polar surface area (TPSA) is 24.9 Å². The van der Waals surface area contributed by atoms with Crippen molar-refractivity contribution < 1.29 is 0 Å². The summed E-state index contributed by atoms with van der Waals surface area (Å²) in [6, 6.07) is 10.2. The summed E-state index contributed by atoms with van der Waals surface area (Å²) in [5, 5.41) is 4.34. The number of benzene rings is 1. The van der Waals surface area contributed by atoms with E-state index in [4.69, 9.17) is 11.6 Å². The zero-order valence-electron chi connectivity index (χ0n) is 11.4. The van der Waals surface area contributed by atoms with Crippen molar-refractivity contribution in [2.24, 2.45) is 0 Å². The average Bonchev–Trinajstić information content (AvgIpc) is 2.41. The molecule has 0 fully saturated rings. The molecule has 1 unspecified atom stereocenters. The van der Waals surface area contributed by atoms with Crippen molar-refractivity contribution in [3.63, 3.8) is 0 Å². The Kier molecular flexibility index (Phi) is 4.94. The molecule has 0 saturated heterocycles. The maximum absolute atomic E-state index is 6.33. The number of pyridine rings is 1. The van der Waals surface area contributed by atoms with Crippen LogP contribution in [0.3, 0.4) is 0 Å². The largest absolute Gasteiger partial charge is 0.306 e. The van der Waals surface area contributed by atoms with Crippen LogP contribution in [0, 0.1) is 6.92 Å². The first-order valence-electron chi connectivity index (χ1n) is 6.61. The molecule has 0 aliphatic rings. The monoisotopic (exact) mass is 274 g/mol. The molecule has 1 N–H and O–H groups in total. The first-order valence-corrected chi connectivity index (χ1v) is 6.99. The number of hydrogen-bond acceptors (Lipinski definition) is 2. The number of rotatable bonds is 5. The summed E-state index contributed by atoms with van der Waals surface area (Å²) in [5.41, 5.74) is 3.42. The minimum absolute atomic E-state index is 0.0982. The lowest BCUT2D eigenvalue weighted by atomic mass is 9.99. The highest BCUT2D eigenvalue weighted by Crippen LogP contribution is 2.28. The molecule has 0 aliphatic carbocycles. The van der Waals surface area contributed by atoms with E-state index in [1.54, 1.807) is 0 Å².